The fourth-order valence-corrected chi connectivity index (χ4v) is 1.37. The molecular formula is C12H16F3NO2. The van der Waals surface area contributed by atoms with Gasteiger partial charge < -0.3 is 14.8 Å². The molecule has 18 heavy (non-hydrogen) atoms. The van der Waals surface area contributed by atoms with Gasteiger partial charge in [0.25, 0.3) is 0 Å². The summed E-state index contributed by atoms with van der Waals surface area (Å²) in [5.41, 5.74) is 0.719. The third-order valence-corrected chi connectivity index (χ3v) is 2.07. The Hall–Kier alpha value is -1.43. The summed E-state index contributed by atoms with van der Waals surface area (Å²) in [5.74, 6) is -0.231. The summed E-state index contributed by atoms with van der Waals surface area (Å²) in [4.78, 5) is 0. The van der Waals surface area contributed by atoms with Crippen LogP contribution < -0.4 is 10.1 Å². The Kier molecular flexibility index (Phi) is 5.27. The molecule has 3 nitrogen and oxygen atoms in total. The summed E-state index contributed by atoms with van der Waals surface area (Å²) in [7, 11) is 0. The van der Waals surface area contributed by atoms with E-state index in [1.54, 1.807) is 0 Å². The summed E-state index contributed by atoms with van der Waals surface area (Å²) in [6, 6.07) is 5.68. The molecule has 0 aliphatic rings. The second kappa shape index (κ2) is 6.49. The Morgan fingerprint density at radius 3 is 2.33 bits per heavy atom. The summed E-state index contributed by atoms with van der Waals surface area (Å²) in [6.07, 6.45) is -4.66. The quantitative estimate of drug-likeness (QED) is 0.853. The molecule has 0 radical (unpaired) electrons. The van der Waals surface area contributed by atoms with E-state index in [-0.39, 0.29) is 11.8 Å². The second-order valence-electron chi connectivity index (χ2n) is 3.78. The number of benzene rings is 1. The zero-order valence-corrected chi connectivity index (χ0v) is 10.3. The van der Waals surface area contributed by atoms with E-state index < -0.39 is 6.36 Å². The third kappa shape index (κ3) is 5.77. The van der Waals surface area contributed by atoms with E-state index in [0.717, 1.165) is 5.69 Å². The van der Waals surface area contributed by atoms with Crippen LogP contribution in [0, 0.1) is 0 Å². The Morgan fingerprint density at radius 1 is 1.22 bits per heavy atom. The highest BCUT2D eigenvalue weighted by Crippen LogP contribution is 2.24. The Balaban J connectivity index is 2.50. The van der Waals surface area contributed by atoms with E-state index in [9.17, 15) is 13.2 Å². The van der Waals surface area contributed by atoms with Gasteiger partial charge in [-0.25, -0.2) is 0 Å². The van der Waals surface area contributed by atoms with Gasteiger partial charge in [-0.3, -0.25) is 0 Å². The van der Waals surface area contributed by atoms with Gasteiger partial charge in [0, 0.05) is 18.3 Å². The van der Waals surface area contributed by atoms with Crippen LogP contribution >= 0.6 is 0 Å². The number of halogens is 3. The van der Waals surface area contributed by atoms with Crippen molar-refractivity contribution < 1.29 is 22.6 Å². The fourth-order valence-electron chi connectivity index (χ4n) is 1.37. The average molecular weight is 263 g/mol. The first-order chi connectivity index (χ1) is 8.40. The average Bonchev–Trinajstić information content (AvgIpc) is 2.27. The van der Waals surface area contributed by atoms with Gasteiger partial charge in [-0.2, -0.15) is 0 Å². The van der Waals surface area contributed by atoms with Gasteiger partial charge in [0.2, 0.25) is 0 Å². The molecule has 1 atom stereocenters. The van der Waals surface area contributed by atoms with Gasteiger partial charge in [0.1, 0.15) is 5.75 Å². The van der Waals surface area contributed by atoms with Crippen molar-refractivity contribution in [2.45, 2.75) is 26.3 Å². The normalized spacial score (nSPS) is 13.2. The lowest BCUT2D eigenvalue weighted by atomic mass is 10.2. The van der Waals surface area contributed by atoms with Crippen LogP contribution in [-0.2, 0) is 4.74 Å². The van der Waals surface area contributed by atoms with Crippen LogP contribution in [0.5, 0.6) is 5.75 Å². The smallest absolute Gasteiger partial charge is 0.406 e. The van der Waals surface area contributed by atoms with Crippen molar-refractivity contribution in [2.75, 3.05) is 18.5 Å². The van der Waals surface area contributed by atoms with Gasteiger partial charge in [-0.1, -0.05) is 0 Å². The van der Waals surface area contributed by atoms with E-state index in [2.05, 4.69) is 10.1 Å². The lowest BCUT2D eigenvalue weighted by Crippen LogP contribution is -2.21. The summed E-state index contributed by atoms with van der Waals surface area (Å²) < 4.78 is 44.8. The highest BCUT2D eigenvalue weighted by molar-refractivity contribution is 5.47. The molecule has 0 aliphatic carbocycles. The Bertz CT molecular complexity index is 351. The van der Waals surface area contributed by atoms with Gasteiger partial charge in [-0.15, -0.1) is 13.2 Å². The molecule has 0 amide bonds. The first kappa shape index (κ1) is 14.6. The zero-order valence-electron chi connectivity index (χ0n) is 10.3. The SMILES string of the molecule is CCOCC(C)Nc1ccc(OC(F)(F)F)cc1. The highest BCUT2D eigenvalue weighted by atomic mass is 19.4. The maximum Gasteiger partial charge on any atom is 0.573 e. The van der Waals surface area contributed by atoms with Crippen LogP contribution in [0.25, 0.3) is 0 Å². The second-order valence-corrected chi connectivity index (χ2v) is 3.78. The van der Waals surface area contributed by atoms with Gasteiger partial charge in [0.05, 0.1) is 6.61 Å². The summed E-state index contributed by atoms with van der Waals surface area (Å²) in [6.45, 7) is 4.99. The van der Waals surface area contributed by atoms with Crippen molar-refractivity contribution in [1.82, 2.24) is 0 Å². The molecule has 102 valence electrons. The summed E-state index contributed by atoms with van der Waals surface area (Å²) in [5, 5.41) is 3.10. The maximum atomic E-state index is 11.9. The van der Waals surface area contributed by atoms with Crippen molar-refractivity contribution >= 4 is 5.69 Å². The molecule has 0 aromatic heterocycles. The number of ether oxygens (including phenoxy) is 2. The van der Waals surface area contributed by atoms with Crippen molar-refractivity contribution in [3.05, 3.63) is 24.3 Å². The van der Waals surface area contributed by atoms with E-state index in [4.69, 9.17) is 4.74 Å². The minimum Gasteiger partial charge on any atom is -0.406 e. The molecule has 1 aromatic rings. The van der Waals surface area contributed by atoms with Crippen molar-refractivity contribution in [2.24, 2.45) is 0 Å². The molecule has 6 heteroatoms. The first-order valence-electron chi connectivity index (χ1n) is 5.61. The molecule has 0 bridgehead atoms. The molecular weight excluding hydrogens is 247 g/mol. The van der Waals surface area contributed by atoms with Crippen LogP contribution in [0.1, 0.15) is 13.8 Å². The van der Waals surface area contributed by atoms with Gasteiger partial charge in [0.15, 0.2) is 0 Å². The van der Waals surface area contributed by atoms with E-state index in [0.29, 0.717) is 13.2 Å². The number of rotatable bonds is 6. The molecule has 0 heterocycles. The summed E-state index contributed by atoms with van der Waals surface area (Å²) >= 11 is 0. The van der Waals surface area contributed by atoms with Crippen LogP contribution in [-0.4, -0.2) is 25.6 Å². The Labute approximate surface area is 104 Å². The third-order valence-electron chi connectivity index (χ3n) is 2.07. The molecule has 0 saturated carbocycles. The standard InChI is InChI=1S/C12H16F3NO2/c1-3-17-8-9(2)16-10-4-6-11(7-5-10)18-12(13,14)15/h4-7,9,16H,3,8H2,1-2H3. The topological polar surface area (TPSA) is 30.5 Å². The van der Waals surface area contributed by atoms with Crippen molar-refractivity contribution in [1.29, 1.82) is 0 Å². The van der Waals surface area contributed by atoms with Crippen LogP contribution in [0.15, 0.2) is 24.3 Å². The van der Waals surface area contributed by atoms with Crippen LogP contribution in [0.4, 0.5) is 18.9 Å². The predicted octanol–water partition coefficient (Wildman–Crippen LogP) is 3.42. The number of hydrogen-bond donors (Lipinski definition) is 1. The monoisotopic (exact) mass is 263 g/mol. The van der Waals surface area contributed by atoms with E-state index in [1.165, 1.54) is 24.3 Å². The van der Waals surface area contributed by atoms with Crippen molar-refractivity contribution in [3.8, 4) is 5.75 Å². The van der Waals surface area contributed by atoms with Gasteiger partial charge in [-0.05, 0) is 38.1 Å². The van der Waals surface area contributed by atoms with Crippen molar-refractivity contribution in [3.63, 3.8) is 0 Å². The largest absolute Gasteiger partial charge is 0.573 e. The maximum absolute atomic E-state index is 11.9. The lowest BCUT2D eigenvalue weighted by molar-refractivity contribution is -0.274. The molecule has 0 spiro atoms. The van der Waals surface area contributed by atoms with Crippen LogP contribution in [0.3, 0.4) is 0 Å². The Morgan fingerprint density at radius 2 is 1.83 bits per heavy atom. The number of anilines is 1. The number of nitrogens with one attached hydrogen (secondary N) is 1. The molecule has 1 aromatic carbocycles. The molecule has 1 rings (SSSR count). The minimum absolute atomic E-state index is 0.0827. The molecule has 0 fully saturated rings. The van der Waals surface area contributed by atoms with E-state index in [1.807, 2.05) is 13.8 Å². The minimum atomic E-state index is -4.66. The highest BCUT2D eigenvalue weighted by Gasteiger charge is 2.30. The molecule has 0 aliphatic heterocycles. The van der Waals surface area contributed by atoms with E-state index >= 15 is 0 Å². The predicted molar refractivity (Wildman–Crippen MR) is 62.7 cm³/mol. The van der Waals surface area contributed by atoms with Crippen LogP contribution in [0.2, 0.25) is 0 Å². The number of hydrogen-bond acceptors (Lipinski definition) is 3. The van der Waals surface area contributed by atoms with Gasteiger partial charge >= 0.3 is 6.36 Å². The molecule has 0 saturated heterocycles. The zero-order chi connectivity index (χ0) is 13.6. The number of alkyl halides is 3. The molecule has 1 unspecified atom stereocenters. The fraction of sp³-hybridized carbons (Fsp3) is 0.500. The first-order valence-corrected chi connectivity index (χ1v) is 5.61. The molecule has 1 N–H and O–H groups in total. The lowest BCUT2D eigenvalue weighted by Gasteiger charge is -2.15.